The van der Waals surface area contributed by atoms with E-state index in [1.807, 2.05) is 31.2 Å². The summed E-state index contributed by atoms with van der Waals surface area (Å²) in [4.78, 5) is 11.5. The van der Waals surface area contributed by atoms with E-state index in [0.717, 1.165) is 24.3 Å². The van der Waals surface area contributed by atoms with Crippen LogP contribution in [0.3, 0.4) is 0 Å². The average Bonchev–Trinajstić information content (AvgIpc) is 2.94. The van der Waals surface area contributed by atoms with Crippen LogP contribution in [0.15, 0.2) is 42.6 Å². The highest BCUT2D eigenvalue weighted by atomic mass is 16.1. The lowest BCUT2D eigenvalue weighted by Gasteiger charge is -2.10. The van der Waals surface area contributed by atoms with Crippen molar-refractivity contribution >= 4 is 11.6 Å². The van der Waals surface area contributed by atoms with Gasteiger partial charge in [0.25, 0.3) is 0 Å². The maximum absolute atomic E-state index is 11.5. The molecule has 1 aromatic carbocycles. The smallest absolute Gasteiger partial charge is 0.224 e. The molecule has 1 amide bonds. The molecule has 0 spiro atoms. The topological polar surface area (TPSA) is 46.1 Å². The first-order valence-electron chi connectivity index (χ1n) is 7.46. The molecule has 112 valence electrons. The molecule has 0 aliphatic carbocycles. The molecular weight excluding hydrogens is 262 g/mol. The number of benzene rings is 1. The second kappa shape index (κ2) is 7.53. The quantitative estimate of drug-likeness (QED) is 0.821. The summed E-state index contributed by atoms with van der Waals surface area (Å²) < 4.78 is 2.22. The van der Waals surface area contributed by atoms with Crippen LogP contribution in [0.2, 0.25) is 0 Å². The summed E-state index contributed by atoms with van der Waals surface area (Å²) in [6, 6.07) is 12.2. The van der Waals surface area contributed by atoms with Crippen LogP contribution in [0.25, 0.3) is 0 Å². The number of hydrogen-bond donors (Lipinski definition) is 2. The maximum Gasteiger partial charge on any atom is 0.224 e. The van der Waals surface area contributed by atoms with E-state index in [2.05, 4.69) is 40.5 Å². The third-order valence-corrected chi connectivity index (χ3v) is 3.43. The van der Waals surface area contributed by atoms with Crippen LogP contribution >= 0.6 is 0 Å². The van der Waals surface area contributed by atoms with Crippen molar-refractivity contribution in [3.8, 4) is 0 Å². The molecule has 2 N–H and O–H groups in total. The largest absolute Gasteiger partial charge is 0.379 e. The summed E-state index contributed by atoms with van der Waals surface area (Å²) in [7, 11) is 0. The Morgan fingerprint density at radius 3 is 2.57 bits per heavy atom. The van der Waals surface area contributed by atoms with Crippen LogP contribution in [0.5, 0.6) is 0 Å². The standard InChI is InChI=1S/C17H23N3O/c1-3-18-17(21)12-14-7-9-15(10-8-14)19-13-16-6-5-11-20(16)4-2/h5-11,19H,3-4,12-13H2,1-2H3,(H,18,21). The number of nitrogens with zero attached hydrogens (tertiary/aromatic N) is 1. The molecule has 0 radical (unpaired) electrons. The van der Waals surface area contributed by atoms with Crippen LogP contribution in [0.1, 0.15) is 25.1 Å². The molecule has 0 atom stereocenters. The minimum absolute atomic E-state index is 0.0685. The Balaban J connectivity index is 1.89. The Morgan fingerprint density at radius 1 is 1.14 bits per heavy atom. The van der Waals surface area contributed by atoms with Gasteiger partial charge in [-0.2, -0.15) is 0 Å². The van der Waals surface area contributed by atoms with Crippen molar-refractivity contribution in [2.75, 3.05) is 11.9 Å². The van der Waals surface area contributed by atoms with Crippen LogP contribution < -0.4 is 10.6 Å². The van der Waals surface area contributed by atoms with Crippen LogP contribution in [-0.2, 0) is 24.3 Å². The Morgan fingerprint density at radius 2 is 1.90 bits per heavy atom. The molecule has 0 aliphatic heterocycles. The fraction of sp³-hybridized carbons (Fsp3) is 0.353. The highest BCUT2D eigenvalue weighted by Crippen LogP contribution is 2.12. The summed E-state index contributed by atoms with van der Waals surface area (Å²) in [6.07, 6.45) is 2.53. The van der Waals surface area contributed by atoms with Crippen molar-refractivity contribution in [3.63, 3.8) is 0 Å². The number of aryl methyl sites for hydroxylation is 1. The third-order valence-electron chi connectivity index (χ3n) is 3.43. The Hall–Kier alpha value is -2.23. The van der Waals surface area contributed by atoms with Crippen molar-refractivity contribution in [1.82, 2.24) is 9.88 Å². The molecule has 4 nitrogen and oxygen atoms in total. The van der Waals surface area contributed by atoms with Crippen molar-refractivity contribution in [3.05, 3.63) is 53.9 Å². The molecule has 21 heavy (non-hydrogen) atoms. The predicted molar refractivity (Wildman–Crippen MR) is 86.3 cm³/mol. The van der Waals surface area contributed by atoms with E-state index in [0.29, 0.717) is 13.0 Å². The van der Waals surface area contributed by atoms with Gasteiger partial charge in [0.15, 0.2) is 0 Å². The fourth-order valence-corrected chi connectivity index (χ4v) is 2.30. The second-order valence-electron chi connectivity index (χ2n) is 4.97. The van der Waals surface area contributed by atoms with E-state index >= 15 is 0 Å². The Kier molecular flexibility index (Phi) is 5.43. The zero-order chi connectivity index (χ0) is 15.1. The van der Waals surface area contributed by atoms with E-state index in [1.54, 1.807) is 0 Å². The average molecular weight is 285 g/mol. The van der Waals surface area contributed by atoms with E-state index in [1.165, 1.54) is 5.69 Å². The minimum atomic E-state index is 0.0685. The summed E-state index contributed by atoms with van der Waals surface area (Å²) in [5, 5.41) is 6.21. The van der Waals surface area contributed by atoms with Gasteiger partial charge in [0.2, 0.25) is 5.91 Å². The second-order valence-corrected chi connectivity index (χ2v) is 4.97. The first kappa shape index (κ1) is 15.2. The van der Waals surface area contributed by atoms with Crippen molar-refractivity contribution in [2.45, 2.75) is 33.4 Å². The lowest BCUT2D eigenvalue weighted by Crippen LogP contribution is -2.24. The third kappa shape index (κ3) is 4.38. The van der Waals surface area contributed by atoms with E-state index in [9.17, 15) is 4.79 Å². The Labute approximate surface area is 126 Å². The highest BCUT2D eigenvalue weighted by molar-refractivity contribution is 5.78. The normalized spacial score (nSPS) is 10.4. The highest BCUT2D eigenvalue weighted by Gasteiger charge is 2.02. The molecule has 0 aliphatic rings. The maximum atomic E-state index is 11.5. The number of carbonyl (C=O) groups is 1. The Bertz CT molecular complexity index is 572. The van der Waals surface area contributed by atoms with Crippen LogP contribution in [0, 0.1) is 0 Å². The molecule has 2 rings (SSSR count). The number of anilines is 1. The summed E-state index contributed by atoms with van der Waals surface area (Å²) in [6.45, 7) is 6.53. The zero-order valence-electron chi connectivity index (χ0n) is 12.7. The molecular formula is C17H23N3O. The zero-order valence-corrected chi connectivity index (χ0v) is 12.7. The van der Waals surface area contributed by atoms with Gasteiger partial charge in [0.1, 0.15) is 0 Å². The summed E-state index contributed by atoms with van der Waals surface area (Å²) in [5.74, 6) is 0.0685. The van der Waals surface area contributed by atoms with Gasteiger partial charge < -0.3 is 15.2 Å². The van der Waals surface area contributed by atoms with E-state index in [4.69, 9.17) is 0 Å². The van der Waals surface area contributed by atoms with Gasteiger partial charge in [0, 0.05) is 30.7 Å². The van der Waals surface area contributed by atoms with Gasteiger partial charge in [-0.3, -0.25) is 4.79 Å². The number of aromatic nitrogens is 1. The lowest BCUT2D eigenvalue weighted by atomic mass is 10.1. The van der Waals surface area contributed by atoms with Crippen molar-refractivity contribution < 1.29 is 4.79 Å². The van der Waals surface area contributed by atoms with Gasteiger partial charge in [-0.05, 0) is 43.7 Å². The molecule has 1 aromatic heterocycles. The number of hydrogen-bond acceptors (Lipinski definition) is 2. The first-order valence-corrected chi connectivity index (χ1v) is 7.46. The minimum Gasteiger partial charge on any atom is -0.379 e. The van der Waals surface area contributed by atoms with Gasteiger partial charge in [-0.25, -0.2) is 0 Å². The molecule has 0 fully saturated rings. The molecule has 2 aromatic rings. The number of carbonyl (C=O) groups excluding carboxylic acids is 1. The molecule has 0 unspecified atom stereocenters. The number of likely N-dealkylation sites (N-methyl/N-ethyl adjacent to an activating group) is 1. The molecule has 0 saturated heterocycles. The van der Waals surface area contributed by atoms with Gasteiger partial charge in [-0.1, -0.05) is 12.1 Å². The van der Waals surface area contributed by atoms with Gasteiger partial charge in [-0.15, -0.1) is 0 Å². The van der Waals surface area contributed by atoms with Gasteiger partial charge in [0.05, 0.1) is 13.0 Å². The van der Waals surface area contributed by atoms with Gasteiger partial charge >= 0.3 is 0 Å². The van der Waals surface area contributed by atoms with Crippen LogP contribution in [-0.4, -0.2) is 17.0 Å². The number of nitrogens with one attached hydrogen (secondary N) is 2. The van der Waals surface area contributed by atoms with E-state index in [-0.39, 0.29) is 5.91 Å². The molecule has 0 saturated carbocycles. The lowest BCUT2D eigenvalue weighted by molar-refractivity contribution is -0.120. The fourth-order valence-electron chi connectivity index (χ4n) is 2.30. The van der Waals surface area contributed by atoms with Crippen LogP contribution in [0.4, 0.5) is 5.69 Å². The summed E-state index contributed by atoms with van der Waals surface area (Å²) in [5.41, 5.74) is 3.37. The van der Waals surface area contributed by atoms with Crippen molar-refractivity contribution in [1.29, 1.82) is 0 Å². The predicted octanol–water partition coefficient (Wildman–Crippen LogP) is 2.80. The monoisotopic (exact) mass is 285 g/mol. The first-order chi connectivity index (χ1) is 10.2. The number of rotatable bonds is 7. The van der Waals surface area contributed by atoms with Crippen molar-refractivity contribution in [2.24, 2.45) is 0 Å². The molecule has 0 bridgehead atoms. The molecule has 4 heteroatoms. The number of amides is 1. The molecule has 1 heterocycles. The van der Waals surface area contributed by atoms with E-state index < -0.39 is 0 Å². The SMILES string of the molecule is CCNC(=O)Cc1ccc(NCc2cccn2CC)cc1. The summed E-state index contributed by atoms with van der Waals surface area (Å²) >= 11 is 0.